The quantitative estimate of drug-likeness (QED) is 0.538. The van der Waals surface area contributed by atoms with Crippen LogP contribution in [0.25, 0.3) is 11.4 Å². The van der Waals surface area contributed by atoms with Gasteiger partial charge in [-0.05, 0) is 49.2 Å². The normalized spacial score (nSPS) is 19.4. The zero-order valence-electron chi connectivity index (χ0n) is 19.3. The van der Waals surface area contributed by atoms with Crippen LogP contribution >= 0.6 is 0 Å². The Hall–Kier alpha value is -3.50. The lowest BCUT2D eigenvalue weighted by Gasteiger charge is -2.33. The Morgan fingerprint density at radius 2 is 1.60 bits per heavy atom. The van der Waals surface area contributed by atoms with Crippen molar-refractivity contribution in [1.29, 1.82) is 0 Å². The summed E-state index contributed by atoms with van der Waals surface area (Å²) in [7, 11) is -3.27. The molecule has 35 heavy (non-hydrogen) atoms. The van der Waals surface area contributed by atoms with Crippen molar-refractivity contribution in [2.24, 2.45) is 0 Å². The summed E-state index contributed by atoms with van der Waals surface area (Å²) in [6.07, 6.45) is 3.61. The van der Waals surface area contributed by atoms with Gasteiger partial charge in [-0.3, -0.25) is 0 Å². The van der Waals surface area contributed by atoms with Gasteiger partial charge in [-0.15, -0.1) is 0 Å². The number of para-hydroxylation sites is 1. The van der Waals surface area contributed by atoms with Crippen LogP contribution in [0.15, 0.2) is 60.7 Å². The highest BCUT2D eigenvalue weighted by Gasteiger charge is 2.34. The maximum atomic E-state index is 12.3. The minimum Gasteiger partial charge on any atom is -0.371 e. The van der Waals surface area contributed by atoms with Crippen molar-refractivity contribution >= 4 is 33.1 Å². The molecule has 3 heterocycles. The number of amides is 2. The molecule has 0 aliphatic carbocycles. The number of urea groups is 1. The van der Waals surface area contributed by atoms with Crippen LogP contribution in [0.1, 0.15) is 18.5 Å². The predicted molar refractivity (Wildman–Crippen MR) is 135 cm³/mol. The summed E-state index contributed by atoms with van der Waals surface area (Å²) in [4.78, 5) is 23.7. The van der Waals surface area contributed by atoms with Crippen LogP contribution in [0.5, 0.6) is 0 Å². The third kappa shape index (κ3) is 5.95. The third-order valence-corrected chi connectivity index (χ3v) is 6.80. The first-order chi connectivity index (χ1) is 16.8. The molecule has 3 aromatic rings. The highest BCUT2D eigenvalue weighted by molar-refractivity contribution is 7.89. The summed E-state index contributed by atoms with van der Waals surface area (Å²) in [6.45, 7) is 1.45. The standard InChI is InChI=1S/C25H27N5O4S/c1-35(32,33)16-20-13-23(30-14-21-11-12-22(15-30)34-21)29-24(26-20)17-7-9-19(10-8-17)28-25(31)27-18-5-3-2-4-6-18/h2-10,13,21-22H,11-12,14-16H2,1H3,(H2,27,28,31). The zero-order chi connectivity index (χ0) is 24.4. The van der Waals surface area contributed by atoms with Crippen molar-refractivity contribution in [1.82, 2.24) is 9.97 Å². The molecule has 0 radical (unpaired) electrons. The van der Waals surface area contributed by atoms with Gasteiger partial charge in [0.05, 0.1) is 23.7 Å². The van der Waals surface area contributed by atoms with E-state index in [1.54, 1.807) is 30.3 Å². The fourth-order valence-electron chi connectivity index (χ4n) is 4.44. The van der Waals surface area contributed by atoms with Crippen molar-refractivity contribution < 1.29 is 17.9 Å². The number of hydrogen-bond donors (Lipinski definition) is 2. The number of ether oxygens (including phenoxy) is 1. The summed E-state index contributed by atoms with van der Waals surface area (Å²) >= 11 is 0. The number of carbonyl (C=O) groups excluding carboxylic acids is 1. The van der Waals surface area contributed by atoms with E-state index in [1.165, 1.54) is 6.26 Å². The first-order valence-corrected chi connectivity index (χ1v) is 13.6. The molecule has 0 saturated carbocycles. The van der Waals surface area contributed by atoms with Gasteiger partial charge >= 0.3 is 6.03 Å². The number of aromatic nitrogens is 2. The first-order valence-electron chi connectivity index (χ1n) is 11.5. The smallest absolute Gasteiger partial charge is 0.323 e. The van der Waals surface area contributed by atoms with Crippen LogP contribution < -0.4 is 15.5 Å². The maximum Gasteiger partial charge on any atom is 0.323 e. The molecular weight excluding hydrogens is 466 g/mol. The van der Waals surface area contributed by atoms with Crippen molar-refractivity contribution in [3.05, 3.63) is 66.4 Å². The summed E-state index contributed by atoms with van der Waals surface area (Å²) in [6, 6.07) is 17.7. The molecule has 2 aromatic carbocycles. The molecule has 0 spiro atoms. The Bertz CT molecular complexity index is 1300. The molecule has 2 fully saturated rings. The van der Waals surface area contributed by atoms with E-state index in [-0.39, 0.29) is 24.0 Å². The second kappa shape index (κ2) is 9.63. The molecule has 2 saturated heterocycles. The van der Waals surface area contributed by atoms with Gasteiger partial charge in [0.15, 0.2) is 15.7 Å². The molecule has 182 valence electrons. The summed E-state index contributed by atoms with van der Waals surface area (Å²) < 4.78 is 29.9. The molecule has 2 aliphatic heterocycles. The largest absolute Gasteiger partial charge is 0.371 e. The summed E-state index contributed by atoms with van der Waals surface area (Å²) in [5.41, 5.74) is 2.49. The van der Waals surface area contributed by atoms with E-state index in [0.29, 0.717) is 28.7 Å². The second-order valence-corrected chi connectivity index (χ2v) is 11.1. The number of rotatable bonds is 6. The molecular formula is C25H27N5O4S. The van der Waals surface area contributed by atoms with Crippen molar-refractivity contribution in [2.75, 3.05) is 34.9 Å². The highest BCUT2D eigenvalue weighted by Crippen LogP contribution is 2.30. The number of sulfone groups is 1. The minimum atomic E-state index is -3.27. The van der Waals surface area contributed by atoms with E-state index in [2.05, 4.69) is 20.5 Å². The molecule has 2 N–H and O–H groups in total. The van der Waals surface area contributed by atoms with Crippen LogP contribution in [0.2, 0.25) is 0 Å². The van der Waals surface area contributed by atoms with Crippen LogP contribution in [0.4, 0.5) is 22.0 Å². The van der Waals surface area contributed by atoms with E-state index >= 15 is 0 Å². The second-order valence-electron chi connectivity index (χ2n) is 9.00. The molecule has 2 unspecified atom stereocenters. The minimum absolute atomic E-state index is 0.161. The first kappa shape index (κ1) is 23.3. The van der Waals surface area contributed by atoms with Gasteiger partial charge in [0.25, 0.3) is 0 Å². The Morgan fingerprint density at radius 3 is 2.23 bits per heavy atom. The summed E-state index contributed by atoms with van der Waals surface area (Å²) in [5, 5.41) is 5.57. The Labute approximate surface area is 204 Å². The molecule has 9 nitrogen and oxygen atoms in total. The monoisotopic (exact) mass is 493 g/mol. The number of nitrogens with zero attached hydrogens (tertiary/aromatic N) is 3. The van der Waals surface area contributed by atoms with Crippen molar-refractivity contribution in [2.45, 2.75) is 30.8 Å². The molecule has 5 rings (SSSR count). The number of anilines is 3. The van der Waals surface area contributed by atoms with E-state index in [9.17, 15) is 13.2 Å². The van der Waals surface area contributed by atoms with E-state index in [0.717, 1.165) is 31.5 Å². The summed E-state index contributed by atoms with van der Waals surface area (Å²) in [5.74, 6) is 0.991. The van der Waals surface area contributed by atoms with Gasteiger partial charge < -0.3 is 20.3 Å². The van der Waals surface area contributed by atoms with E-state index < -0.39 is 9.84 Å². The lowest BCUT2D eigenvalue weighted by Crippen LogP contribution is -2.43. The molecule has 2 amide bonds. The van der Waals surface area contributed by atoms with Gasteiger partial charge in [-0.1, -0.05) is 18.2 Å². The fourth-order valence-corrected chi connectivity index (χ4v) is 5.12. The van der Waals surface area contributed by atoms with E-state index in [4.69, 9.17) is 9.72 Å². The number of morpholine rings is 1. The van der Waals surface area contributed by atoms with Crippen molar-refractivity contribution in [3.63, 3.8) is 0 Å². The topological polar surface area (TPSA) is 114 Å². The van der Waals surface area contributed by atoms with Crippen LogP contribution in [0, 0.1) is 0 Å². The van der Waals surface area contributed by atoms with E-state index in [1.807, 2.05) is 30.3 Å². The molecule has 2 bridgehead atoms. The lowest BCUT2D eigenvalue weighted by molar-refractivity contribution is 0.0302. The fraction of sp³-hybridized carbons (Fsp3) is 0.320. The average Bonchev–Trinajstić information content (AvgIpc) is 3.16. The van der Waals surface area contributed by atoms with Crippen molar-refractivity contribution in [3.8, 4) is 11.4 Å². The number of hydrogen-bond acceptors (Lipinski definition) is 7. The average molecular weight is 494 g/mol. The van der Waals surface area contributed by atoms with Crippen LogP contribution in [-0.4, -0.2) is 56.0 Å². The van der Waals surface area contributed by atoms with Gasteiger partial charge in [0, 0.05) is 42.3 Å². The predicted octanol–water partition coefficient (Wildman–Crippen LogP) is 3.70. The third-order valence-electron chi connectivity index (χ3n) is 5.98. The molecule has 2 atom stereocenters. The SMILES string of the molecule is CS(=O)(=O)Cc1cc(N2CC3CCC(C2)O3)nc(-c2ccc(NC(=O)Nc3ccccc3)cc2)n1. The van der Waals surface area contributed by atoms with Gasteiger partial charge in [0.1, 0.15) is 5.82 Å². The lowest BCUT2D eigenvalue weighted by atomic mass is 10.2. The molecule has 10 heteroatoms. The van der Waals surface area contributed by atoms with Crippen LogP contribution in [0.3, 0.4) is 0 Å². The number of benzene rings is 2. The Balaban J connectivity index is 1.37. The van der Waals surface area contributed by atoms with Gasteiger partial charge in [-0.25, -0.2) is 23.2 Å². The zero-order valence-corrected chi connectivity index (χ0v) is 20.2. The van der Waals surface area contributed by atoms with Gasteiger partial charge in [0.2, 0.25) is 0 Å². The Morgan fingerprint density at radius 1 is 0.971 bits per heavy atom. The molecule has 1 aromatic heterocycles. The van der Waals surface area contributed by atoms with Gasteiger partial charge in [-0.2, -0.15) is 0 Å². The number of carbonyl (C=O) groups is 1. The highest BCUT2D eigenvalue weighted by atomic mass is 32.2. The number of fused-ring (bicyclic) bond motifs is 2. The number of nitrogens with one attached hydrogen (secondary N) is 2. The molecule has 2 aliphatic rings. The Kier molecular flexibility index (Phi) is 6.40. The maximum absolute atomic E-state index is 12.3. The van der Waals surface area contributed by atoms with Crippen LogP contribution in [-0.2, 0) is 20.3 Å².